The van der Waals surface area contributed by atoms with Crippen LogP contribution in [0.2, 0.25) is 10.0 Å². The molecule has 0 amide bonds. The van der Waals surface area contributed by atoms with Crippen LogP contribution in [0.3, 0.4) is 0 Å². The second-order valence-electron chi connectivity index (χ2n) is 1.91. The lowest BCUT2D eigenvalue weighted by atomic mass is 10.4. The number of hydrogen-bond acceptors (Lipinski definition) is 2. The lowest BCUT2D eigenvalue weighted by Crippen LogP contribution is -1.78. The van der Waals surface area contributed by atoms with Crippen LogP contribution >= 0.6 is 23.2 Å². The summed E-state index contributed by atoms with van der Waals surface area (Å²) >= 11 is 11.3. The van der Waals surface area contributed by atoms with Gasteiger partial charge in [0.15, 0.2) is 6.29 Å². The summed E-state index contributed by atoms with van der Waals surface area (Å²) in [5.74, 6) is 0. The molecule has 12 heavy (non-hydrogen) atoms. The summed E-state index contributed by atoms with van der Waals surface area (Å²) in [7, 11) is 1.50. The molecular weight excluding hydrogens is 199 g/mol. The molecule has 0 bridgehead atoms. The number of nitrogens with two attached hydrogens (primary N) is 1. The molecule has 0 saturated heterocycles. The Hall–Kier alpha value is -0.510. The number of aldehydes is 1. The largest absolute Gasteiger partial charge is 0.354 e. The van der Waals surface area contributed by atoms with Gasteiger partial charge in [-0.15, -0.1) is 0 Å². The Morgan fingerprint density at radius 2 is 1.83 bits per heavy atom. The van der Waals surface area contributed by atoms with Gasteiger partial charge in [-0.3, -0.25) is 4.79 Å². The molecule has 1 heterocycles. The highest BCUT2D eigenvalue weighted by Gasteiger charge is 2.09. The number of aromatic amines is 1. The average Bonchev–Trinajstić information content (AvgIpc) is 2.36. The van der Waals surface area contributed by atoms with Crippen molar-refractivity contribution in [3.05, 3.63) is 21.4 Å². The molecule has 1 rings (SSSR count). The van der Waals surface area contributed by atoms with Crippen molar-refractivity contribution in [3.8, 4) is 0 Å². The molecule has 0 aromatic carbocycles. The molecular formula is C7H10Cl2N2O. The molecule has 0 saturated carbocycles. The van der Waals surface area contributed by atoms with E-state index in [9.17, 15) is 4.79 Å². The van der Waals surface area contributed by atoms with Crippen LogP contribution in [0.1, 0.15) is 16.2 Å². The first-order chi connectivity index (χ1) is 5.66. The first kappa shape index (κ1) is 11.5. The van der Waals surface area contributed by atoms with Crippen molar-refractivity contribution in [1.82, 2.24) is 4.98 Å². The zero-order valence-corrected chi connectivity index (χ0v) is 8.33. The lowest BCUT2D eigenvalue weighted by Gasteiger charge is -1.82. The van der Waals surface area contributed by atoms with Crippen LogP contribution < -0.4 is 5.73 Å². The Morgan fingerprint density at radius 1 is 1.33 bits per heavy atom. The summed E-state index contributed by atoms with van der Waals surface area (Å²) in [5.41, 5.74) is 5.55. The van der Waals surface area contributed by atoms with Crippen LogP contribution in [-0.2, 0) is 0 Å². The minimum Gasteiger partial charge on any atom is -0.354 e. The molecule has 3 N–H and O–H groups in total. The second kappa shape index (κ2) is 5.19. The van der Waals surface area contributed by atoms with Crippen molar-refractivity contribution in [2.45, 2.75) is 6.92 Å². The quantitative estimate of drug-likeness (QED) is 0.695. The fraction of sp³-hybridized carbons (Fsp3) is 0.286. The number of carbonyl (C=O) groups excluding carboxylic acids is 1. The van der Waals surface area contributed by atoms with Crippen molar-refractivity contribution >= 4 is 29.5 Å². The first-order valence-corrected chi connectivity index (χ1v) is 3.99. The molecule has 0 radical (unpaired) electrons. The maximum atomic E-state index is 10.2. The summed E-state index contributed by atoms with van der Waals surface area (Å²) in [6.45, 7) is 1.75. The van der Waals surface area contributed by atoms with Crippen LogP contribution in [-0.4, -0.2) is 18.3 Å². The molecule has 0 spiro atoms. The predicted molar refractivity (Wildman–Crippen MR) is 51.0 cm³/mol. The van der Waals surface area contributed by atoms with E-state index in [0.717, 1.165) is 0 Å². The van der Waals surface area contributed by atoms with E-state index < -0.39 is 0 Å². The Balaban J connectivity index is 0.000000561. The summed E-state index contributed by atoms with van der Waals surface area (Å²) in [6, 6.07) is 0. The highest BCUT2D eigenvalue weighted by molar-refractivity contribution is 6.43. The van der Waals surface area contributed by atoms with Crippen LogP contribution in [0.15, 0.2) is 0 Å². The number of aryl methyl sites for hydroxylation is 1. The minimum absolute atomic E-state index is 0.300. The van der Waals surface area contributed by atoms with Crippen molar-refractivity contribution in [3.63, 3.8) is 0 Å². The minimum atomic E-state index is 0.300. The lowest BCUT2D eigenvalue weighted by molar-refractivity contribution is 0.111. The third-order valence-electron chi connectivity index (χ3n) is 1.20. The smallest absolute Gasteiger partial charge is 0.167 e. The average molecular weight is 209 g/mol. The molecule has 0 unspecified atom stereocenters. The van der Waals surface area contributed by atoms with E-state index in [4.69, 9.17) is 23.2 Å². The van der Waals surface area contributed by atoms with E-state index >= 15 is 0 Å². The number of carbonyl (C=O) groups is 1. The van der Waals surface area contributed by atoms with Gasteiger partial charge in [0.2, 0.25) is 0 Å². The molecule has 5 heteroatoms. The molecule has 3 nitrogen and oxygen atoms in total. The van der Waals surface area contributed by atoms with E-state index in [1.165, 1.54) is 7.05 Å². The number of hydrogen-bond donors (Lipinski definition) is 2. The molecule has 0 fully saturated rings. The van der Waals surface area contributed by atoms with Gasteiger partial charge in [0.05, 0.1) is 15.7 Å². The Morgan fingerprint density at radius 3 is 2.00 bits per heavy atom. The van der Waals surface area contributed by atoms with E-state index in [-0.39, 0.29) is 0 Å². The van der Waals surface area contributed by atoms with E-state index in [1.807, 2.05) is 0 Å². The van der Waals surface area contributed by atoms with E-state index in [0.29, 0.717) is 27.7 Å². The number of nitrogens with one attached hydrogen (secondary N) is 1. The predicted octanol–water partition coefficient (Wildman–Crippen LogP) is 2.02. The fourth-order valence-corrected chi connectivity index (χ4v) is 1.06. The van der Waals surface area contributed by atoms with Gasteiger partial charge >= 0.3 is 0 Å². The number of H-pyrrole nitrogens is 1. The zero-order valence-electron chi connectivity index (χ0n) is 6.82. The van der Waals surface area contributed by atoms with Gasteiger partial charge in [-0.1, -0.05) is 23.2 Å². The Labute approximate surface area is 80.8 Å². The topological polar surface area (TPSA) is 58.9 Å². The third kappa shape index (κ3) is 2.24. The highest BCUT2D eigenvalue weighted by atomic mass is 35.5. The van der Waals surface area contributed by atoms with Gasteiger partial charge in [-0.05, 0) is 14.0 Å². The Bertz CT molecular complexity index is 271. The molecule has 0 aliphatic heterocycles. The summed E-state index contributed by atoms with van der Waals surface area (Å²) < 4.78 is 0. The summed E-state index contributed by atoms with van der Waals surface area (Å²) in [6.07, 6.45) is 0.640. The van der Waals surface area contributed by atoms with Gasteiger partial charge in [-0.2, -0.15) is 0 Å². The Kier molecular flexibility index (Phi) is 4.97. The van der Waals surface area contributed by atoms with E-state index in [1.54, 1.807) is 6.92 Å². The maximum absolute atomic E-state index is 10.2. The molecule has 68 valence electrons. The summed E-state index contributed by atoms with van der Waals surface area (Å²) in [5, 5.41) is 0.720. The van der Waals surface area contributed by atoms with Gasteiger partial charge in [-0.25, -0.2) is 0 Å². The molecule has 0 aliphatic carbocycles. The van der Waals surface area contributed by atoms with Gasteiger partial charge < -0.3 is 10.7 Å². The van der Waals surface area contributed by atoms with E-state index in [2.05, 4.69) is 10.7 Å². The number of aromatic nitrogens is 1. The van der Waals surface area contributed by atoms with Crippen molar-refractivity contribution in [1.29, 1.82) is 0 Å². The zero-order chi connectivity index (χ0) is 9.72. The van der Waals surface area contributed by atoms with Crippen LogP contribution in [0.25, 0.3) is 0 Å². The van der Waals surface area contributed by atoms with Crippen molar-refractivity contribution in [2.24, 2.45) is 5.73 Å². The number of halogens is 2. The fourth-order valence-electron chi connectivity index (χ4n) is 0.676. The monoisotopic (exact) mass is 208 g/mol. The third-order valence-corrected chi connectivity index (χ3v) is 2.16. The van der Waals surface area contributed by atoms with Gasteiger partial charge in [0.1, 0.15) is 0 Å². The standard InChI is InChI=1S/C6H5Cl2NO.CH5N/c1-3-5(7)6(8)4(2-10)9-3;1-2/h2,9H,1H3;2H2,1H3. The highest BCUT2D eigenvalue weighted by Crippen LogP contribution is 2.27. The SMILES string of the molecule is CN.Cc1[nH]c(C=O)c(Cl)c1Cl. The maximum Gasteiger partial charge on any atom is 0.167 e. The van der Waals surface area contributed by atoms with Crippen LogP contribution in [0.4, 0.5) is 0 Å². The molecule has 1 aromatic rings. The summed E-state index contributed by atoms with van der Waals surface area (Å²) in [4.78, 5) is 12.9. The van der Waals surface area contributed by atoms with Crippen molar-refractivity contribution < 1.29 is 4.79 Å². The number of rotatable bonds is 1. The van der Waals surface area contributed by atoms with Crippen molar-refractivity contribution in [2.75, 3.05) is 7.05 Å². The molecule has 0 atom stereocenters. The normalized spacial score (nSPS) is 8.75. The van der Waals surface area contributed by atoms with Crippen LogP contribution in [0.5, 0.6) is 0 Å². The molecule has 0 aliphatic rings. The van der Waals surface area contributed by atoms with Gasteiger partial charge in [0, 0.05) is 5.69 Å². The molecule has 1 aromatic heterocycles. The van der Waals surface area contributed by atoms with Crippen LogP contribution in [0, 0.1) is 6.92 Å². The first-order valence-electron chi connectivity index (χ1n) is 3.23. The van der Waals surface area contributed by atoms with Gasteiger partial charge in [0.25, 0.3) is 0 Å². The second-order valence-corrected chi connectivity index (χ2v) is 2.67.